The maximum absolute atomic E-state index is 5.45. The molecule has 2 atom stereocenters. The Labute approximate surface area is 142 Å². The summed E-state index contributed by atoms with van der Waals surface area (Å²) in [6.07, 6.45) is 1.29. The summed E-state index contributed by atoms with van der Waals surface area (Å²) in [4.78, 5) is 6.93. The summed E-state index contributed by atoms with van der Waals surface area (Å²) in [6, 6.07) is 5.61. The van der Waals surface area contributed by atoms with Crippen molar-refractivity contribution in [2.24, 2.45) is 11.8 Å². The third-order valence-corrected chi connectivity index (χ3v) is 4.41. The Morgan fingerprint density at radius 2 is 1.83 bits per heavy atom. The Hall–Kier alpha value is -2.08. The Kier molecular flexibility index (Phi) is 5.04. The molecule has 1 aromatic heterocycles. The van der Waals surface area contributed by atoms with Gasteiger partial charge in [-0.1, -0.05) is 19.0 Å². The first-order valence-corrected chi connectivity index (χ1v) is 8.36. The topological polar surface area (TPSA) is 60.6 Å². The second kappa shape index (κ2) is 7.21. The van der Waals surface area contributed by atoms with Crippen molar-refractivity contribution in [2.75, 3.05) is 27.3 Å². The number of rotatable bonds is 5. The van der Waals surface area contributed by atoms with Crippen molar-refractivity contribution in [3.05, 3.63) is 24.1 Å². The van der Waals surface area contributed by atoms with Crippen molar-refractivity contribution in [1.29, 1.82) is 0 Å². The molecule has 24 heavy (non-hydrogen) atoms. The summed E-state index contributed by atoms with van der Waals surface area (Å²) < 4.78 is 16.0. The average Bonchev–Trinajstić information content (AvgIpc) is 3.01. The number of hydrogen-bond donors (Lipinski definition) is 0. The van der Waals surface area contributed by atoms with Crippen molar-refractivity contribution in [1.82, 2.24) is 15.0 Å². The van der Waals surface area contributed by atoms with E-state index in [1.165, 1.54) is 6.42 Å². The molecule has 6 heteroatoms. The van der Waals surface area contributed by atoms with Crippen LogP contribution in [0.3, 0.4) is 0 Å². The van der Waals surface area contributed by atoms with E-state index < -0.39 is 0 Å². The summed E-state index contributed by atoms with van der Waals surface area (Å²) >= 11 is 0. The van der Waals surface area contributed by atoms with Crippen LogP contribution in [0.2, 0.25) is 0 Å². The lowest BCUT2D eigenvalue weighted by Crippen LogP contribution is -2.38. The molecular weight excluding hydrogens is 306 g/mol. The molecule has 1 aliphatic rings. The highest BCUT2D eigenvalue weighted by atomic mass is 16.5. The molecule has 1 aliphatic heterocycles. The number of aromatic nitrogens is 2. The Balaban J connectivity index is 1.73. The van der Waals surface area contributed by atoms with Crippen molar-refractivity contribution in [2.45, 2.75) is 26.8 Å². The first-order chi connectivity index (χ1) is 11.6. The molecule has 0 saturated carbocycles. The highest BCUT2D eigenvalue weighted by Gasteiger charge is 2.23. The number of likely N-dealkylation sites (tertiary alicyclic amines) is 1. The Morgan fingerprint density at radius 1 is 1.12 bits per heavy atom. The minimum atomic E-state index is 0.573. The number of hydrogen-bond acceptors (Lipinski definition) is 6. The number of benzene rings is 1. The quantitative estimate of drug-likeness (QED) is 0.838. The van der Waals surface area contributed by atoms with Gasteiger partial charge >= 0.3 is 0 Å². The van der Waals surface area contributed by atoms with Gasteiger partial charge < -0.3 is 14.0 Å². The molecule has 0 spiro atoms. The van der Waals surface area contributed by atoms with Gasteiger partial charge in [0.15, 0.2) is 11.5 Å². The van der Waals surface area contributed by atoms with E-state index in [0.717, 1.165) is 18.7 Å². The third-order valence-electron chi connectivity index (χ3n) is 4.41. The van der Waals surface area contributed by atoms with Gasteiger partial charge in [0.2, 0.25) is 11.7 Å². The molecule has 0 N–H and O–H groups in total. The fraction of sp³-hybridized carbons (Fsp3) is 0.556. The summed E-state index contributed by atoms with van der Waals surface area (Å²) in [5, 5.41) is 4.11. The summed E-state index contributed by atoms with van der Waals surface area (Å²) in [7, 11) is 3.23. The standard InChI is InChI=1S/C18H25N3O3/c1-12-7-13(2)10-21(9-12)11-17-19-18(20-24-17)14-5-6-15(22-3)16(8-14)23-4/h5-6,8,12-13H,7,9-11H2,1-4H3. The highest BCUT2D eigenvalue weighted by Crippen LogP contribution is 2.31. The van der Waals surface area contributed by atoms with Crippen LogP contribution in [-0.4, -0.2) is 42.3 Å². The van der Waals surface area contributed by atoms with Crippen molar-refractivity contribution in [3.8, 4) is 22.9 Å². The fourth-order valence-electron chi connectivity index (χ4n) is 3.52. The van der Waals surface area contributed by atoms with Crippen molar-refractivity contribution < 1.29 is 14.0 Å². The zero-order valence-electron chi connectivity index (χ0n) is 14.8. The van der Waals surface area contributed by atoms with Crippen LogP contribution in [0, 0.1) is 11.8 Å². The SMILES string of the molecule is COc1ccc(-c2noc(CN3CC(C)CC(C)C3)n2)cc1OC. The molecule has 0 bridgehead atoms. The van der Waals surface area contributed by atoms with Crippen LogP contribution in [0.4, 0.5) is 0 Å². The van der Waals surface area contributed by atoms with Gasteiger partial charge in [-0.3, -0.25) is 4.90 Å². The Morgan fingerprint density at radius 3 is 2.50 bits per heavy atom. The van der Waals surface area contributed by atoms with Crippen molar-refractivity contribution >= 4 is 0 Å². The van der Waals surface area contributed by atoms with E-state index in [4.69, 9.17) is 14.0 Å². The molecule has 2 heterocycles. The average molecular weight is 331 g/mol. The van der Waals surface area contributed by atoms with E-state index >= 15 is 0 Å². The zero-order valence-corrected chi connectivity index (χ0v) is 14.8. The van der Waals surface area contributed by atoms with Crippen LogP contribution >= 0.6 is 0 Å². The van der Waals surface area contributed by atoms with Gasteiger partial charge in [0.25, 0.3) is 0 Å². The molecule has 6 nitrogen and oxygen atoms in total. The van der Waals surface area contributed by atoms with Crippen molar-refractivity contribution in [3.63, 3.8) is 0 Å². The monoisotopic (exact) mass is 331 g/mol. The fourth-order valence-corrected chi connectivity index (χ4v) is 3.52. The number of methoxy groups -OCH3 is 2. The molecule has 3 rings (SSSR count). The van der Waals surface area contributed by atoms with E-state index in [9.17, 15) is 0 Å². The van der Waals surface area contributed by atoms with E-state index in [1.807, 2.05) is 18.2 Å². The van der Waals surface area contributed by atoms with Crippen LogP contribution in [-0.2, 0) is 6.54 Å². The van der Waals surface area contributed by atoms with E-state index in [1.54, 1.807) is 14.2 Å². The molecule has 1 fully saturated rings. The van der Waals surface area contributed by atoms with Gasteiger partial charge in [0.1, 0.15) is 0 Å². The lowest BCUT2D eigenvalue weighted by molar-refractivity contribution is 0.121. The third kappa shape index (κ3) is 3.70. The molecule has 0 aliphatic carbocycles. The smallest absolute Gasteiger partial charge is 0.241 e. The van der Waals surface area contributed by atoms with Crippen LogP contribution < -0.4 is 9.47 Å². The molecule has 0 amide bonds. The molecule has 0 radical (unpaired) electrons. The minimum absolute atomic E-state index is 0.573. The van der Waals surface area contributed by atoms with Gasteiger partial charge in [-0.05, 0) is 36.5 Å². The van der Waals surface area contributed by atoms with E-state index in [0.29, 0.717) is 41.6 Å². The normalized spacial score (nSPS) is 21.7. The lowest BCUT2D eigenvalue weighted by atomic mass is 9.92. The van der Waals surface area contributed by atoms with Gasteiger partial charge in [-0.2, -0.15) is 4.98 Å². The van der Waals surface area contributed by atoms with E-state index in [2.05, 4.69) is 28.9 Å². The number of ether oxygens (including phenoxy) is 2. The predicted molar refractivity (Wildman–Crippen MR) is 91.1 cm³/mol. The summed E-state index contributed by atoms with van der Waals surface area (Å²) in [6.45, 7) is 7.46. The van der Waals surface area contributed by atoms with Gasteiger partial charge in [-0.25, -0.2) is 0 Å². The molecule has 2 aromatic rings. The number of nitrogens with zero attached hydrogens (tertiary/aromatic N) is 3. The first kappa shape index (κ1) is 16.8. The van der Waals surface area contributed by atoms with Gasteiger partial charge in [0, 0.05) is 18.7 Å². The maximum Gasteiger partial charge on any atom is 0.241 e. The first-order valence-electron chi connectivity index (χ1n) is 8.36. The molecule has 2 unspecified atom stereocenters. The van der Waals surface area contributed by atoms with Crippen LogP contribution in [0.1, 0.15) is 26.2 Å². The highest BCUT2D eigenvalue weighted by molar-refractivity contribution is 5.60. The zero-order chi connectivity index (χ0) is 17.1. The summed E-state index contributed by atoms with van der Waals surface area (Å²) in [5.74, 6) is 3.98. The predicted octanol–water partition coefficient (Wildman–Crippen LogP) is 3.23. The van der Waals surface area contributed by atoms with Crippen LogP contribution in [0.25, 0.3) is 11.4 Å². The number of piperidine rings is 1. The second-order valence-corrected chi connectivity index (χ2v) is 6.72. The molecule has 1 aromatic carbocycles. The largest absolute Gasteiger partial charge is 0.493 e. The van der Waals surface area contributed by atoms with E-state index in [-0.39, 0.29) is 0 Å². The maximum atomic E-state index is 5.45. The van der Waals surface area contributed by atoms with Gasteiger partial charge in [0.05, 0.1) is 20.8 Å². The molecule has 130 valence electrons. The van der Waals surface area contributed by atoms with Crippen LogP contribution in [0.5, 0.6) is 11.5 Å². The Bertz CT molecular complexity index is 676. The van der Waals surface area contributed by atoms with Gasteiger partial charge in [-0.15, -0.1) is 0 Å². The molecule has 1 saturated heterocycles. The lowest BCUT2D eigenvalue weighted by Gasteiger charge is -2.33. The summed E-state index contributed by atoms with van der Waals surface area (Å²) in [5.41, 5.74) is 0.850. The molecular formula is C18H25N3O3. The van der Waals surface area contributed by atoms with Crippen LogP contribution in [0.15, 0.2) is 22.7 Å². The minimum Gasteiger partial charge on any atom is -0.493 e. The second-order valence-electron chi connectivity index (χ2n) is 6.72.